The molecule has 22 heavy (non-hydrogen) atoms. The Kier molecular flexibility index (Phi) is 3.68. The fourth-order valence-electron chi connectivity index (χ4n) is 2.79. The standard InChI is InChI=1S/C16H17N3O3/c1-18-9-11(8-17-18)16-14(10-21)13-7-12(22-2)3-4-15(13)19(16)5-6-20/h3-4,7-10,20H,5-6H2,1-2H3. The summed E-state index contributed by atoms with van der Waals surface area (Å²) in [6, 6.07) is 5.58. The lowest BCUT2D eigenvalue weighted by Crippen LogP contribution is -2.04. The van der Waals surface area contributed by atoms with Crippen molar-refractivity contribution < 1.29 is 14.6 Å². The summed E-state index contributed by atoms with van der Waals surface area (Å²) < 4.78 is 8.88. The first-order valence-electron chi connectivity index (χ1n) is 6.95. The van der Waals surface area contributed by atoms with Gasteiger partial charge >= 0.3 is 0 Å². The van der Waals surface area contributed by atoms with E-state index in [0.29, 0.717) is 17.9 Å². The van der Waals surface area contributed by atoms with E-state index >= 15 is 0 Å². The molecule has 114 valence electrons. The monoisotopic (exact) mass is 299 g/mol. The van der Waals surface area contributed by atoms with E-state index in [-0.39, 0.29) is 6.61 Å². The predicted octanol–water partition coefficient (Wildman–Crippen LogP) is 1.86. The van der Waals surface area contributed by atoms with Crippen LogP contribution in [-0.2, 0) is 13.6 Å². The number of carbonyl (C=O) groups is 1. The number of methoxy groups -OCH3 is 1. The summed E-state index contributed by atoms with van der Waals surface area (Å²) in [7, 11) is 3.42. The quantitative estimate of drug-likeness (QED) is 0.730. The first-order chi connectivity index (χ1) is 10.7. The molecular weight excluding hydrogens is 282 g/mol. The Bertz CT molecular complexity index is 833. The molecule has 0 amide bonds. The number of carbonyl (C=O) groups excluding carboxylic acids is 1. The van der Waals surface area contributed by atoms with Crippen LogP contribution in [0.3, 0.4) is 0 Å². The van der Waals surface area contributed by atoms with Crippen LogP contribution in [0.1, 0.15) is 10.4 Å². The van der Waals surface area contributed by atoms with Crippen molar-refractivity contribution in [2.75, 3.05) is 13.7 Å². The molecule has 6 nitrogen and oxygen atoms in total. The van der Waals surface area contributed by atoms with Gasteiger partial charge in [0.1, 0.15) is 5.75 Å². The Labute approximate surface area is 127 Å². The summed E-state index contributed by atoms with van der Waals surface area (Å²) in [5.74, 6) is 0.689. The second-order valence-electron chi connectivity index (χ2n) is 5.04. The van der Waals surface area contributed by atoms with Gasteiger partial charge in [-0.05, 0) is 18.2 Å². The summed E-state index contributed by atoms with van der Waals surface area (Å²) in [6.07, 6.45) is 4.41. The van der Waals surface area contributed by atoms with Crippen LogP contribution in [-0.4, -0.2) is 39.5 Å². The van der Waals surface area contributed by atoms with Crippen molar-refractivity contribution in [1.82, 2.24) is 14.3 Å². The Morgan fingerprint density at radius 2 is 2.23 bits per heavy atom. The smallest absolute Gasteiger partial charge is 0.152 e. The molecule has 6 heteroatoms. The van der Waals surface area contributed by atoms with Crippen LogP contribution in [0.15, 0.2) is 30.6 Å². The van der Waals surface area contributed by atoms with Gasteiger partial charge in [-0.2, -0.15) is 5.10 Å². The molecule has 0 saturated heterocycles. The number of hydrogen-bond donors (Lipinski definition) is 1. The lowest BCUT2D eigenvalue weighted by Gasteiger charge is -2.08. The number of aliphatic hydroxyl groups is 1. The first-order valence-corrected chi connectivity index (χ1v) is 6.95. The molecule has 0 aliphatic heterocycles. The van der Waals surface area contributed by atoms with Crippen molar-refractivity contribution in [3.8, 4) is 17.0 Å². The van der Waals surface area contributed by atoms with Crippen LogP contribution in [0.4, 0.5) is 0 Å². The van der Waals surface area contributed by atoms with Gasteiger partial charge in [-0.25, -0.2) is 0 Å². The van der Waals surface area contributed by atoms with E-state index in [4.69, 9.17) is 4.74 Å². The van der Waals surface area contributed by atoms with Gasteiger partial charge < -0.3 is 14.4 Å². The maximum absolute atomic E-state index is 11.7. The average molecular weight is 299 g/mol. The molecule has 0 radical (unpaired) electrons. The molecule has 3 aromatic rings. The summed E-state index contributed by atoms with van der Waals surface area (Å²) in [6.45, 7) is 0.391. The van der Waals surface area contributed by atoms with Gasteiger partial charge in [0.15, 0.2) is 6.29 Å². The zero-order valence-corrected chi connectivity index (χ0v) is 12.5. The highest BCUT2D eigenvalue weighted by atomic mass is 16.5. The van der Waals surface area contributed by atoms with Crippen LogP contribution in [0.2, 0.25) is 0 Å². The molecule has 2 heterocycles. The normalized spacial score (nSPS) is 11.0. The van der Waals surface area contributed by atoms with E-state index in [1.165, 1.54) is 0 Å². The highest BCUT2D eigenvalue weighted by Crippen LogP contribution is 2.34. The number of aliphatic hydroxyl groups excluding tert-OH is 1. The van der Waals surface area contributed by atoms with Gasteiger partial charge in [-0.1, -0.05) is 0 Å². The van der Waals surface area contributed by atoms with Crippen LogP contribution in [0.5, 0.6) is 5.75 Å². The van der Waals surface area contributed by atoms with Crippen molar-refractivity contribution in [3.05, 3.63) is 36.2 Å². The van der Waals surface area contributed by atoms with E-state index in [2.05, 4.69) is 5.10 Å². The molecule has 0 atom stereocenters. The zero-order chi connectivity index (χ0) is 15.7. The molecule has 0 spiro atoms. The van der Waals surface area contributed by atoms with Crippen molar-refractivity contribution in [2.45, 2.75) is 6.54 Å². The van der Waals surface area contributed by atoms with Crippen LogP contribution < -0.4 is 4.74 Å². The van der Waals surface area contributed by atoms with Crippen LogP contribution >= 0.6 is 0 Å². The molecule has 3 rings (SSSR count). The van der Waals surface area contributed by atoms with Gasteiger partial charge in [0, 0.05) is 41.8 Å². The summed E-state index contributed by atoms with van der Waals surface area (Å²) in [4.78, 5) is 11.7. The number of rotatable bonds is 5. The fourth-order valence-corrected chi connectivity index (χ4v) is 2.79. The number of aldehydes is 1. The van der Waals surface area contributed by atoms with E-state index < -0.39 is 0 Å². The van der Waals surface area contributed by atoms with Gasteiger partial charge in [0.25, 0.3) is 0 Å². The number of aromatic nitrogens is 3. The van der Waals surface area contributed by atoms with Crippen LogP contribution in [0.25, 0.3) is 22.2 Å². The molecule has 1 N–H and O–H groups in total. The predicted molar refractivity (Wildman–Crippen MR) is 83.2 cm³/mol. The SMILES string of the molecule is COc1ccc2c(c1)c(C=O)c(-c1cnn(C)c1)n2CCO. The van der Waals surface area contributed by atoms with Crippen LogP contribution in [0, 0.1) is 0 Å². The number of ether oxygens (including phenoxy) is 1. The minimum Gasteiger partial charge on any atom is -0.497 e. The van der Waals surface area contributed by atoms with E-state index in [9.17, 15) is 9.90 Å². The van der Waals surface area contributed by atoms with Gasteiger partial charge in [-0.15, -0.1) is 0 Å². The van der Waals surface area contributed by atoms with Crippen molar-refractivity contribution in [2.24, 2.45) is 7.05 Å². The van der Waals surface area contributed by atoms with Gasteiger partial charge in [-0.3, -0.25) is 9.48 Å². The number of nitrogens with zero attached hydrogens (tertiary/aromatic N) is 3. The van der Waals surface area contributed by atoms with Crippen molar-refractivity contribution in [1.29, 1.82) is 0 Å². The molecule has 0 unspecified atom stereocenters. The number of fused-ring (bicyclic) bond motifs is 1. The van der Waals surface area contributed by atoms with E-state index in [0.717, 1.165) is 28.4 Å². The molecule has 0 bridgehead atoms. The van der Waals surface area contributed by atoms with E-state index in [1.54, 1.807) is 18.0 Å². The largest absolute Gasteiger partial charge is 0.497 e. The molecule has 0 fully saturated rings. The number of aryl methyl sites for hydroxylation is 1. The molecular formula is C16H17N3O3. The average Bonchev–Trinajstić information content (AvgIpc) is 3.08. The lowest BCUT2D eigenvalue weighted by molar-refractivity contribution is 0.112. The summed E-state index contributed by atoms with van der Waals surface area (Å²) in [5.41, 5.74) is 3.07. The van der Waals surface area contributed by atoms with Gasteiger partial charge in [0.05, 0.1) is 25.6 Å². The number of benzene rings is 1. The molecule has 2 aromatic heterocycles. The molecule has 0 aliphatic rings. The summed E-state index contributed by atoms with van der Waals surface area (Å²) in [5, 5.41) is 14.4. The van der Waals surface area contributed by atoms with Crippen molar-refractivity contribution >= 4 is 17.2 Å². The number of hydrogen-bond acceptors (Lipinski definition) is 4. The topological polar surface area (TPSA) is 69.3 Å². The molecule has 0 saturated carbocycles. The summed E-state index contributed by atoms with van der Waals surface area (Å²) >= 11 is 0. The first kappa shape index (κ1) is 14.3. The third kappa shape index (κ3) is 2.17. The lowest BCUT2D eigenvalue weighted by atomic mass is 10.1. The second kappa shape index (κ2) is 5.65. The third-order valence-corrected chi connectivity index (χ3v) is 3.73. The maximum atomic E-state index is 11.7. The Morgan fingerprint density at radius 1 is 1.41 bits per heavy atom. The minimum absolute atomic E-state index is 0.0125. The zero-order valence-electron chi connectivity index (χ0n) is 12.5. The highest BCUT2D eigenvalue weighted by molar-refractivity contribution is 6.05. The van der Waals surface area contributed by atoms with Gasteiger partial charge in [0.2, 0.25) is 0 Å². The highest BCUT2D eigenvalue weighted by Gasteiger charge is 2.19. The Hall–Kier alpha value is -2.60. The minimum atomic E-state index is -0.0125. The fraction of sp³-hybridized carbons (Fsp3) is 0.250. The third-order valence-electron chi connectivity index (χ3n) is 3.73. The van der Waals surface area contributed by atoms with E-state index in [1.807, 2.05) is 36.0 Å². The Morgan fingerprint density at radius 3 is 2.82 bits per heavy atom. The molecule has 1 aromatic carbocycles. The maximum Gasteiger partial charge on any atom is 0.152 e. The second-order valence-corrected chi connectivity index (χ2v) is 5.04. The molecule has 0 aliphatic carbocycles. The Balaban J connectivity index is 2.37. The van der Waals surface area contributed by atoms with Crippen molar-refractivity contribution in [3.63, 3.8) is 0 Å².